The van der Waals surface area contributed by atoms with Crippen molar-refractivity contribution in [2.45, 2.75) is 25.8 Å². The lowest BCUT2D eigenvalue weighted by atomic mass is 10.3. The molecule has 1 aliphatic carbocycles. The van der Waals surface area contributed by atoms with Crippen molar-refractivity contribution in [1.29, 1.82) is 0 Å². The van der Waals surface area contributed by atoms with Crippen molar-refractivity contribution in [1.82, 2.24) is 24.7 Å². The van der Waals surface area contributed by atoms with Crippen molar-refractivity contribution in [3.05, 3.63) is 0 Å². The number of carbonyl (C=O) groups excluding carboxylic acids is 1. The van der Waals surface area contributed by atoms with Crippen LogP contribution in [0.2, 0.25) is 0 Å². The van der Waals surface area contributed by atoms with Crippen molar-refractivity contribution in [2.75, 3.05) is 76.2 Å². The van der Waals surface area contributed by atoms with Crippen LogP contribution < -0.4 is 10.6 Å². The highest BCUT2D eigenvalue weighted by Gasteiger charge is 2.26. The smallest absolute Gasteiger partial charge is 0.234 e. The van der Waals surface area contributed by atoms with Gasteiger partial charge in [0.05, 0.1) is 18.8 Å². The molecule has 0 aromatic rings. The van der Waals surface area contributed by atoms with E-state index >= 15 is 0 Å². The Hall–Kier alpha value is -0.310. The van der Waals surface area contributed by atoms with Gasteiger partial charge < -0.3 is 15.5 Å². The Bertz CT molecular complexity index is 675. The van der Waals surface area contributed by atoms with Crippen molar-refractivity contribution < 1.29 is 13.2 Å². The fourth-order valence-corrected chi connectivity index (χ4v) is 5.92. The first-order chi connectivity index (χ1) is 14.0. The largest absolute Gasteiger partial charge is 0.357 e. The number of nitrogens with zero attached hydrogens (tertiary/aromatic N) is 4. The van der Waals surface area contributed by atoms with Gasteiger partial charge in [0, 0.05) is 63.4 Å². The minimum Gasteiger partial charge on any atom is -0.357 e. The van der Waals surface area contributed by atoms with Gasteiger partial charge in [-0.05, 0) is 19.8 Å². The van der Waals surface area contributed by atoms with Crippen LogP contribution in [0.15, 0.2) is 4.99 Å². The van der Waals surface area contributed by atoms with Crippen LogP contribution in [0.4, 0.5) is 0 Å². The van der Waals surface area contributed by atoms with Crippen molar-refractivity contribution >= 4 is 57.6 Å². The highest BCUT2D eigenvalue weighted by atomic mass is 127. The average molecular weight is 575 g/mol. The summed E-state index contributed by atoms with van der Waals surface area (Å²) in [6.45, 7) is 7.81. The molecule has 3 fully saturated rings. The summed E-state index contributed by atoms with van der Waals surface area (Å²) in [4.78, 5) is 20.9. The maximum atomic E-state index is 12.5. The molecule has 1 amide bonds. The van der Waals surface area contributed by atoms with Gasteiger partial charge in [-0.1, -0.05) is 0 Å². The van der Waals surface area contributed by atoms with Gasteiger partial charge in [0.25, 0.3) is 0 Å². The van der Waals surface area contributed by atoms with Crippen LogP contribution in [0.25, 0.3) is 0 Å². The second kappa shape index (κ2) is 12.7. The molecule has 2 heterocycles. The molecular formula is C18H35IN6O3S2. The molecule has 2 N–H and O–H groups in total. The average Bonchev–Trinajstić information content (AvgIpc) is 3.52. The Morgan fingerprint density at radius 2 is 1.77 bits per heavy atom. The van der Waals surface area contributed by atoms with Crippen molar-refractivity contribution in [3.63, 3.8) is 0 Å². The number of piperazine rings is 1. The molecule has 12 heteroatoms. The molecule has 30 heavy (non-hydrogen) atoms. The predicted molar refractivity (Wildman–Crippen MR) is 133 cm³/mol. The standard InChI is InChI=1S/C18H34N6O3S2.HI/c1-2-19-18(20-5-14-29(26,27)24-10-12-28-13-11-24)23-8-6-22(7-9-23)15-17(25)21-16-3-4-16;/h16H,2-15H2,1H3,(H,19,20)(H,21,25);1H. The Morgan fingerprint density at radius 3 is 2.37 bits per heavy atom. The summed E-state index contributed by atoms with van der Waals surface area (Å²) in [5.41, 5.74) is 0. The van der Waals surface area contributed by atoms with E-state index < -0.39 is 10.0 Å². The SMILES string of the molecule is CCNC(=NCCS(=O)(=O)N1CCSCC1)N1CCN(CC(=O)NC2CC2)CC1.I. The van der Waals surface area contributed by atoms with E-state index in [1.165, 1.54) is 0 Å². The number of amides is 1. The molecule has 0 unspecified atom stereocenters. The Kier molecular flexibility index (Phi) is 10.9. The van der Waals surface area contributed by atoms with Crippen LogP contribution in [0.5, 0.6) is 0 Å². The lowest BCUT2D eigenvalue weighted by Gasteiger charge is -2.36. The lowest BCUT2D eigenvalue weighted by Crippen LogP contribution is -2.54. The minimum absolute atomic E-state index is 0. The number of nitrogens with one attached hydrogen (secondary N) is 2. The molecule has 2 saturated heterocycles. The van der Waals surface area contributed by atoms with Crippen LogP contribution >= 0.6 is 35.7 Å². The summed E-state index contributed by atoms with van der Waals surface area (Å²) in [5.74, 6) is 2.66. The zero-order chi connectivity index (χ0) is 20.7. The number of rotatable bonds is 8. The maximum Gasteiger partial charge on any atom is 0.234 e. The molecule has 3 aliphatic rings. The van der Waals surface area contributed by atoms with Gasteiger partial charge in [0.2, 0.25) is 15.9 Å². The molecule has 1 saturated carbocycles. The quantitative estimate of drug-likeness (QED) is 0.237. The molecule has 0 spiro atoms. The summed E-state index contributed by atoms with van der Waals surface area (Å²) in [6.07, 6.45) is 2.21. The number of sulfonamides is 1. The second-order valence-corrected chi connectivity index (χ2v) is 11.0. The van der Waals surface area contributed by atoms with Gasteiger partial charge in [-0.15, -0.1) is 24.0 Å². The van der Waals surface area contributed by atoms with Gasteiger partial charge in [-0.3, -0.25) is 14.7 Å². The van der Waals surface area contributed by atoms with E-state index in [9.17, 15) is 13.2 Å². The van der Waals surface area contributed by atoms with Crippen LogP contribution in [-0.2, 0) is 14.8 Å². The first kappa shape index (κ1) is 25.9. The zero-order valence-electron chi connectivity index (χ0n) is 17.7. The molecule has 174 valence electrons. The van der Waals surface area contributed by atoms with Gasteiger partial charge in [-0.2, -0.15) is 11.8 Å². The minimum atomic E-state index is -3.24. The van der Waals surface area contributed by atoms with Crippen LogP contribution in [-0.4, -0.2) is 117 Å². The molecule has 2 aliphatic heterocycles. The summed E-state index contributed by atoms with van der Waals surface area (Å²) in [6, 6.07) is 0.399. The molecule has 0 bridgehead atoms. The van der Waals surface area contributed by atoms with E-state index in [0.717, 1.165) is 63.0 Å². The number of hydrogen-bond donors (Lipinski definition) is 2. The van der Waals surface area contributed by atoms with E-state index in [2.05, 4.69) is 25.4 Å². The number of carbonyl (C=O) groups is 1. The Balaban J connectivity index is 0.00000320. The Morgan fingerprint density at radius 1 is 1.10 bits per heavy atom. The summed E-state index contributed by atoms with van der Waals surface area (Å²) < 4.78 is 26.6. The highest BCUT2D eigenvalue weighted by Crippen LogP contribution is 2.18. The molecule has 0 aromatic carbocycles. The molecule has 9 nitrogen and oxygen atoms in total. The fraction of sp³-hybridized carbons (Fsp3) is 0.889. The number of hydrogen-bond acceptors (Lipinski definition) is 6. The van der Waals surface area contributed by atoms with Crippen LogP contribution in [0.1, 0.15) is 19.8 Å². The van der Waals surface area contributed by atoms with E-state index in [-0.39, 0.29) is 42.2 Å². The second-order valence-electron chi connectivity index (χ2n) is 7.67. The first-order valence-electron chi connectivity index (χ1n) is 10.6. The normalized spacial score (nSPS) is 21.8. The molecular weight excluding hydrogens is 539 g/mol. The van der Waals surface area contributed by atoms with Crippen molar-refractivity contribution in [3.8, 4) is 0 Å². The van der Waals surface area contributed by atoms with Crippen LogP contribution in [0, 0.1) is 0 Å². The van der Waals surface area contributed by atoms with Crippen molar-refractivity contribution in [2.24, 2.45) is 4.99 Å². The van der Waals surface area contributed by atoms with Gasteiger partial charge in [0.1, 0.15) is 0 Å². The molecule has 0 atom stereocenters. The zero-order valence-corrected chi connectivity index (χ0v) is 21.7. The predicted octanol–water partition coefficient (Wildman–Crippen LogP) is -0.155. The number of aliphatic imine (C=N–C) groups is 1. The number of thioether (sulfide) groups is 1. The highest BCUT2D eigenvalue weighted by molar-refractivity contribution is 14.0. The summed E-state index contributed by atoms with van der Waals surface area (Å²) in [5, 5.41) is 6.31. The summed E-state index contributed by atoms with van der Waals surface area (Å²) >= 11 is 1.80. The van der Waals surface area contributed by atoms with Crippen LogP contribution in [0.3, 0.4) is 0 Å². The first-order valence-corrected chi connectivity index (χ1v) is 13.3. The Labute approximate surface area is 201 Å². The molecule has 0 radical (unpaired) electrons. The molecule has 3 rings (SSSR count). The van der Waals surface area contributed by atoms with Gasteiger partial charge in [0.15, 0.2) is 5.96 Å². The summed E-state index contributed by atoms with van der Waals surface area (Å²) in [7, 11) is -3.24. The third kappa shape index (κ3) is 8.32. The van der Waals surface area contributed by atoms with Gasteiger partial charge >= 0.3 is 0 Å². The van der Waals surface area contributed by atoms with E-state index in [4.69, 9.17) is 0 Å². The van der Waals surface area contributed by atoms with Gasteiger partial charge in [-0.25, -0.2) is 12.7 Å². The third-order valence-corrected chi connectivity index (χ3v) is 8.08. The van der Waals surface area contributed by atoms with E-state index in [1.807, 2.05) is 6.92 Å². The third-order valence-electron chi connectivity index (χ3n) is 5.29. The maximum absolute atomic E-state index is 12.5. The fourth-order valence-electron chi connectivity index (χ4n) is 3.47. The van der Waals surface area contributed by atoms with E-state index in [1.54, 1.807) is 16.1 Å². The van der Waals surface area contributed by atoms with E-state index in [0.29, 0.717) is 25.7 Å². The lowest BCUT2D eigenvalue weighted by molar-refractivity contribution is -0.122. The number of halogens is 1. The molecule has 0 aromatic heterocycles. The topological polar surface area (TPSA) is 97.3 Å². The monoisotopic (exact) mass is 574 g/mol. The number of guanidine groups is 1.